The van der Waals surface area contributed by atoms with Gasteiger partial charge < -0.3 is 18.8 Å². The number of rotatable bonds is 10. The average molecular weight is 526 g/mol. The van der Waals surface area contributed by atoms with Gasteiger partial charge in [0.2, 0.25) is 5.88 Å². The summed E-state index contributed by atoms with van der Waals surface area (Å²) in [4.78, 5) is 21.3. The molecule has 5 aromatic rings. The number of hydrogen-bond donors (Lipinski definition) is 0. The van der Waals surface area contributed by atoms with E-state index in [2.05, 4.69) is 4.98 Å². The number of pyridine rings is 1. The first kappa shape index (κ1) is 26.1. The number of methoxy groups -OCH3 is 2. The zero-order valence-corrected chi connectivity index (χ0v) is 21.8. The molecule has 8 heteroatoms. The molecule has 0 aliphatic carbocycles. The van der Waals surface area contributed by atoms with Gasteiger partial charge in [-0.1, -0.05) is 48.5 Å². The molecule has 0 aliphatic heterocycles. The van der Waals surface area contributed by atoms with Crippen LogP contribution in [0.2, 0.25) is 0 Å². The van der Waals surface area contributed by atoms with Crippen LogP contribution < -0.4 is 4.74 Å². The van der Waals surface area contributed by atoms with Crippen LogP contribution in [0.3, 0.4) is 0 Å². The third-order valence-corrected chi connectivity index (χ3v) is 6.42. The fourth-order valence-electron chi connectivity index (χ4n) is 4.39. The van der Waals surface area contributed by atoms with Crippen molar-refractivity contribution in [3.05, 3.63) is 113 Å². The topological polar surface area (TPSA) is 75.5 Å². The maximum Gasteiger partial charge on any atom is 0.337 e. The molecule has 7 nitrogen and oxygen atoms in total. The minimum atomic E-state index is -0.428. The summed E-state index contributed by atoms with van der Waals surface area (Å²) in [7, 11) is 2.96. The monoisotopic (exact) mass is 525 g/mol. The fourth-order valence-corrected chi connectivity index (χ4v) is 4.39. The first-order valence-corrected chi connectivity index (χ1v) is 12.5. The van der Waals surface area contributed by atoms with Gasteiger partial charge >= 0.3 is 5.97 Å². The molecule has 0 unspecified atom stereocenters. The van der Waals surface area contributed by atoms with Gasteiger partial charge in [0.05, 0.1) is 36.0 Å². The van der Waals surface area contributed by atoms with Crippen LogP contribution in [-0.2, 0) is 29.0 Å². The number of carbonyl (C=O) groups is 1. The molecular formula is C31H28FN3O4. The average Bonchev–Trinajstić information content (AvgIpc) is 3.32. The molecule has 0 spiro atoms. The number of hydrogen-bond acceptors (Lipinski definition) is 6. The van der Waals surface area contributed by atoms with Gasteiger partial charge in [-0.15, -0.1) is 0 Å². The highest BCUT2D eigenvalue weighted by molar-refractivity contribution is 5.93. The lowest BCUT2D eigenvalue weighted by molar-refractivity contribution is 0.0601. The lowest BCUT2D eigenvalue weighted by Crippen LogP contribution is -2.10. The second kappa shape index (κ2) is 11.9. The van der Waals surface area contributed by atoms with Crippen LogP contribution in [0.4, 0.5) is 4.39 Å². The normalized spacial score (nSPS) is 11.1. The molecule has 0 fully saturated rings. The molecule has 5 rings (SSSR count). The van der Waals surface area contributed by atoms with E-state index in [1.54, 1.807) is 37.4 Å². The number of halogens is 1. The van der Waals surface area contributed by atoms with Crippen molar-refractivity contribution in [2.75, 3.05) is 20.8 Å². The molecule has 0 aliphatic rings. The third kappa shape index (κ3) is 5.97. The van der Waals surface area contributed by atoms with Crippen LogP contribution in [0.1, 0.15) is 27.3 Å². The van der Waals surface area contributed by atoms with E-state index in [-0.39, 0.29) is 12.2 Å². The first-order chi connectivity index (χ1) is 19.1. The van der Waals surface area contributed by atoms with Gasteiger partial charge in [0, 0.05) is 31.7 Å². The Balaban J connectivity index is 1.39. The summed E-state index contributed by atoms with van der Waals surface area (Å²) in [5, 5.41) is 0. The van der Waals surface area contributed by atoms with Crippen LogP contribution >= 0.6 is 0 Å². The molecule has 198 valence electrons. The molecule has 0 saturated heterocycles. The van der Waals surface area contributed by atoms with Crippen molar-refractivity contribution < 1.29 is 23.4 Å². The van der Waals surface area contributed by atoms with Gasteiger partial charge in [0.15, 0.2) is 0 Å². The Morgan fingerprint density at radius 1 is 0.923 bits per heavy atom. The van der Waals surface area contributed by atoms with E-state index in [4.69, 9.17) is 19.2 Å². The number of esters is 1. The van der Waals surface area contributed by atoms with E-state index in [0.717, 1.165) is 11.1 Å². The Hall–Kier alpha value is -4.56. The van der Waals surface area contributed by atoms with Crippen LogP contribution in [0.15, 0.2) is 84.9 Å². The van der Waals surface area contributed by atoms with E-state index >= 15 is 4.39 Å². The van der Waals surface area contributed by atoms with Crippen molar-refractivity contribution in [1.82, 2.24) is 14.5 Å². The summed E-state index contributed by atoms with van der Waals surface area (Å²) in [6.07, 6.45) is 0.270. The number of aromatic nitrogens is 3. The first-order valence-electron chi connectivity index (χ1n) is 12.5. The summed E-state index contributed by atoms with van der Waals surface area (Å²) in [5.41, 5.74) is 4.70. The van der Waals surface area contributed by atoms with Crippen molar-refractivity contribution in [1.29, 1.82) is 0 Å². The van der Waals surface area contributed by atoms with Crippen molar-refractivity contribution in [2.24, 2.45) is 0 Å². The summed E-state index contributed by atoms with van der Waals surface area (Å²) in [6, 6.07) is 25.6. The SMILES string of the molecule is COCCn1c(Cc2ccc(-c3cccc(OCc4ccccc4)n3)cc2F)nc2ccc(C(=O)OC)cc21. The minimum absolute atomic E-state index is 0.270. The Labute approximate surface area is 225 Å². The van der Waals surface area contributed by atoms with Gasteiger partial charge in [-0.3, -0.25) is 0 Å². The molecule has 0 saturated carbocycles. The van der Waals surface area contributed by atoms with Crippen LogP contribution in [0.25, 0.3) is 22.3 Å². The summed E-state index contributed by atoms with van der Waals surface area (Å²) in [6.45, 7) is 1.35. The molecule has 39 heavy (non-hydrogen) atoms. The van der Waals surface area contributed by atoms with E-state index in [9.17, 15) is 4.79 Å². The van der Waals surface area contributed by atoms with Crippen LogP contribution in [0, 0.1) is 5.82 Å². The molecule has 0 atom stereocenters. The Bertz CT molecular complexity index is 1600. The van der Waals surface area contributed by atoms with E-state index in [1.807, 2.05) is 53.1 Å². The predicted octanol–water partition coefficient (Wildman–Crippen LogP) is 5.84. The molecule has 2 aromatic heterocycles. The minimum Gasteiger partial charge on any atom is -0.473 e. The second-order valence-corrected chi connectivity index (χ2v) is 8.99. The van der Waals surface area contributed by atoms with Crippen LogP contribution in [0.5, 0.6) is 5.88 Å². The molecule has 0 amide bonds. The zero-order chi connectivity index (χ0) is 27.2. The number of ether oxygens (including phenoxy) is 3. The van der Waals surface area contributed by atoms with Crippen molar-refractivity contribution in [2.45, 2.75) is 19.6 Å². The van der Waals surface area contributed by atoms with Gasteiger partial charge in [-0.2, -0.15) is 0 Å². The van der Waals surface area contributed by atoms with Crippen molar-refractivity contribution >= 4 is 17.0 Å². The second-order valence-electron chi connectivity index (χ2n) is 8.99. The van der Waals surface area contributed by atoms with Crippen molar-refractivity contribution in [3.63, 3.8) is 0 Å². The Morgan fingerprint density at radius 2 is 1.77 bits per heavy atom. The van der Waals surface area contributed by atoms with E-state index < -0.39 is 5.97 Å². The van der Waals surface area contributed by atoms with Crippen LogP contribution in [-0.4, -0.2) is 41.3 Å². The number of fused-ring (bicyclic) bond motifs is 1. The quantitative estimate of drug-likeness (QED) is 0.213. The standard InChI is InChI=1S/C31H28FN3O4/c1-37-16-15-35-28-18-24(31(36)38-2)13-14-27(28)33-29(35)19-22-11-12-23(17-25(22)32)26-9-6-10-30(34-26)39-20-21-7-4-3-5-8-21/h3-14,17-18H,15-16,19-20H2,1-2H3. The maximum absolute atomic E-state index is 15.4. The highest BCUT2D eigenvalue weighted by Gasteiger charge is 2.16. The Kier molecular flexibility index (Phi) is 7.94. The predicted molar refractivity (Wildman–Crippen MR) is 146 cm³/mol. The van der Waals surface area contributed by atoms with E-state index in [1.165, 1.54) is 13.2 Å². The molecule has 2 heterocycles. The fraction of sp³-hybridized carbons (Fsp3) is 0.194. The molecular weight excluding hydrogens is 497 g/mol. The largest absolute Gasteiger partial charge is 0.473 e. The summed E-state index contributed by atoms with van der Waals surface area (Å²) >= 11 is 0. The molecule has 3 aromatic carbocycles. The highest BCUT2D eigenvalue weighted by atomic mass is 19.1. The Morgan fingerprint density at radius 3 is 2.54 bits per heavy atom. The highest BCUT2D eigenvalue weighted by Crippen LogP contribution is 2.26. The van der Waals surface area contributed by atoms with Gasteiger partial charge in [0.1, 0.15) is 18.2 Å². The maximum atomic E-state index is 15.4. The van der Waals surface area contributed by atoms with Gasteiger partial charge in [-0.05, 0) is 41.5 Å². The number of imidazole rings is 1. The lowest BCUT2D eigenvalue weighted by atomic mass is 10.1. The third-order valence-electron chi connectivity index (χ3n) is 6.42. The number of benzene rings is 3. The number of carbonyl (C=O) groups excluding carboxylic acids is 1. The van der Waals surface area contributed by atoms with Gasteiger partial charge in [0.25, 0.3) is 0 Å². The van der Waals surface area contributed by atoms with Crippen molar-refractivity contribution in [3.8, 4) is 17.1 Å². The number of nitrogens with zero attached hydrogens (tertiary/aromatic N) is 3. The summed E-state index contributed by atoms with van der Waals surface area (Å²) < 4.78 is 33.3. The van der Waals surface area contributed by atoms with Gasteiger partial charge in [-0.25, -0.2) is 19.2 Å². The lowest BCUT2D eigenvalue weighted by Gasteiger charge is -2.11. The summed E-state index contributed by atoms with van der Waals surface area (Å²) in [5.74, 6) is 0.359. The van der Waals surface area contributed by atoms with E-state index in [0.29, 0.717) is 59.4 Å². The zero-order valence-electron chi connectivity index (χ0n) is 21.8. The molecule has 0 bridgehead atoms. The molecule has 0 N–H and O–H groups in total. The molecule has 0 radical (unpaired) electrons. The smallest absolute Gasteiger partial charge is 0.337 e.